The maximum atomic E-state index is 12.6. The van der Waals surface area contributed by atoms with E-state index in [1.54, 1.807) is 7.11 Å². The summed E-state index contributed by atoms with van der Waals surface area (Å²) in [6.45, 7) is 14.3. The van der Waals surface area contributed by atoms with E-state index in [0.29, 0.717) is 12.8 Å². The van der Waals surface area contributed by atoms with E-state index in [1.807, 2.05) is 77.1 Å². The van der Waals surface area contributed by atoms with E-state index in [0.717, 1.165) is 50.8 Å². The number of hydrogen-bond acceptors (Lipinski definition) is 5. The first-order valence-electron chi connectivity index (χ1n) is 13.7. The minimum atomic E-state index is -0.335. The summed E-state index contributed by atoms with van der Waals surface area (Å²) >= 11 is 0. The Labute approximate surface area is 238 Å². The molecule has 5 heteroatoms. The molecule has 0 fully saturated rings. The molecule has 0 radical (unpaired) electrons. The smallest absolute Gasteiger partial charge is 0.141 e. The van der Waals surface area contributed by atoms with Crippen LogP contribution < -0.4 is 19.9 Å². The first-order chi connectivity index (χ1) is 18.8. The lowest BCUT2D eigenvalue weighted by Crippen LogP contribution is -2.27. The van der Waals surface area contributed by atoms with Gasteiger partial charge in [0, 0.05) is 29.7 Å². The summed E-state index contributed by atoms with van der Waals surface area (Å²) in [5, 5.41) is 0. The van der Waals surface area contributed by atoms with Crippen molar-refractivity contribution in [3.63, 3.8) is 0 Å². The maximum Gasteiger partial charge on any atom is 0.141 e. The van der Waals surface area contributed by atoms with Crippen molar-refractivity contribution in [3.05, 3.63) is 93.6 Å². The third-order valence-corrected chi connectivity index (χ3v) is 7.37. The van der Waals surface area contributed by atoms with Crippen LogP contribution in [-0.2, 0) is 17.6 Å². The van der Waals surface area contributed by atoms with Gasteiger partial charge in [0.2, 0.25) is 0 Å². The molecule has 5 rings (SSSR count). The third kappa shape index (κ3) is 6.59. The minimum absolute atomic E-state index is 0.174. The zero-order valence-electron chi connectivity index (χ0n) is 25.0. The fraction of sp³-hybridized carbons (Fsp3) is 0.343. The standard InChI is InChI=1S/C23H26O3.C12H15NO/c1-15-6-7-17(12-16(15)2)13-19(24)14-18-8-9-21-20(22(18)25-5)10-11-23(3,4)26-21;1-8-9-6-7-12(2,3)14-11(9)5-4-10(8)13/h6-12H,13-14H2,1-5H3;4-7H,13H2,1-3H3. The molecular weight excluding hydrogens is 498 g/mol. The Morgan fingerprint density at radius 3 is 2.02 bits per heavy atom. The Bertz CT molecular complexity index is 1490. The first kappa shape index (κ1) is 29.0. The van der Waals surface area contributed by atoms with E-state index in [9.17, 15) is 4.79 Å². The fourth-order valence-electron chi connectivity index (χ4n) is 4.89. The van der Waals surface area contributed by atoms with Gasteiger partial charge in [0.25, 0.3) is 0 Å². The van der Waals surface area contributed by atoms with Crippen molar-refractivity contribution in [2.45, 2.75) is 72.5 Å². The van der Waals surface area contributed by atoms with Gasteiger partial charge in [-0.15, -0.1) is 0 Å². The van der Waals surface area contributed by atoms with Crippen LogP contribution in [0.2, 0.25) is 0 Å². The summed E-state index contributed by atoms with van der Waals surface area (Å²) in [5.74, 6) is 2.61. The highest BCUT2D eigenvalue weighted by Gasteiger charge is 2.25. The van der Waals surface area contributed by atoms with E-state index < -0.39 is 0 Å². The Morgan fingerprint density at radius 2 is 1.40 bits per heavy atom. The van der Waals surface area contributed by atoms with E-state index >= 15 is 0 Å². The molecule has 2 heterocycles. The molecule has 0 spiro atoms. The van der Waals surface area contributed by atoms with Crippen LogP contribution in [0.15, 0.2) is 54.6 Å². The van der Waals surface area contributed by atoms with Crippen molar-refractivity contribution in [1.82, 2.24) is 0 Å². The highest BCUT2D eigenvalue weighted by molar-refractivity contribution is 5.85. The molecule has 3 aromatic carbocycles. The van der Waals surface area contributed by atoms with Gasteiger partial charge in [-0.3, -0.25) is 4.79 Å². The van der Waals surface area contributed by atoms with Crippen LogP contribution in [0.25, 0.3) is 12.2 Å². The fourth-order valence-corrected chi connectivity index (χ4v) is 4.89. The number of nitrogens with two attached hydrogens (primary N) is 1. The number of fused-ring (bicyclic) bond motifs is 2. The number of carbonyl (C=O) groups is 1. The Balaban J connectivity index is 0.000000222. The predicted molar refractivity (Wildman–Crippen MR) is 164 cm³/mol. The van der Waals surface area contributed by atoms with Crippen LogP contribution in [0.3, 0.4) is 0 Å². The van der Waals surface area contributed by atoms with Crippen LogP contribution in [-0.4, -0.2) is 24.1 Å². The number of aryl methyl sites for hydroxylation is 2. The Kier molecular flexibility index (Phi) is 8.15. The van der Waals surface area contributed by atoms with Gasteiger partial charge >= 0.3 is 0 Å². The molecule has 210 valence electrons. The lowest BCUT2D eigenvalue weighted by molar-refractivity contribution is -0.117. The number of rotatable bonds is 5. The second kappa shape index (κ2) is 11.2. The van der Waals surface area contributed by atoms with Crippen molar-refractivity contribution in [2.24, 2.45) is 0 Å². The molecule has 0 amide bonds. The predicted octanol–water partition coefficient (Wildman–Crippen LogP) is 7.61. The van der Waals surface area contributed by atoms with Gasteiger partial charge < -0.3 is 19.9 Å². The number of nitrogen functional groups attached to an aromatic ring is 1. The second-order valence-corrected chi connectivity index (χ2v) is 11.7. The second-order valence-electron chi connectivity index (χ2n) is 11.7. The number of carbonyl (C=O) groups excluding carboxylic acids is 1. The topological polar surface area (TPSA) is 70.8 Å². The molecule has 2 aliphatic heterocycles. The lowest BCUT2D eigenvalue weighted by Gasteiger charge is -2.29. The van der Waals surface area contributed by atoms with Gasteiger partial charge in [-0.05, 0) is 107 Å². The molecule has 0 saturated carbocycles. The van der Waals surface area contributed by atoms with Gasteiger partial charge in [0.1, 0.15) is 34.2 Å². The zero-order chi connectivity index (χ0) is 29.2. The molecule has 3 aromatic rings. The third-order valence-electron chi connectivity index (χ3n) is 7.37. The molecule has 2 aliphatic rings. The molecule has 0 atom stereocenters. The van der Waals surface area contributed by atoms with Gasteiger partial charge in [-0.25, -0.2) is 0 Å². The summed E-state index contributed by atoms with van der Waals surface area (Å²) in [5.41, 5.74) is 13.6. The molecule has 2 N–H and O–H groups in total. The van der Waals surface area contributed by atoms with E-state index in [4.69, 9.17) is 19.9 Å². The van der Waals surface area contributed by atoms with Gasteiger partial charge in [0.15, 0.2) is 0 Å². The van der Waals surface area contributed by atoms with Crippen molar-refractivity contribution >= 4 is 23.6 Å². The average molecular weight is 540 g/mol. The zero-order valence-corrected chi connectivity index (χ0v) is 25.0. The molecule has 0 bridgehead atoms. The number of anilines is 1. The molecule has 0 saturated heterocycles. The minimum Gasteiger partial charge on any atom is -0.496 e. The molecular formula is C35H41NO4. The quantitative estimate of drug-likeness (QED) is 0.338. The maximum absolute atomic E-state index is 12.6. The van der Waals surface area contributed by atoms with Crippen LogP contribution >= 0.6 is 0 Å². The molecule has 0 aliphatic carbocycles. The van der Waals surface area contributed by atoms with Crippen LogP contribution in [0, 0.1) is 20.8 Å². The van der Waals surface area contributed by atoms with Crippen molar-refractivity contribution in [3.8, 4) is 17.2 Å². The van der Waals surface area contributed by atoms with Gasteiger partial charge in [-0.1, -0.05) is 30.3 Å². The van der Waals surface area contributed by atoms with Crippen molar-refractivity contribution in [1.29, 1.82) is 0 Å². The highest BCUT2D eigenvalue weighted by atomic mass is 16.5. The van der Waals surface area contributed by atoms with Crippen molar-refractivity contribution < 1.29 is 19.0 Å². The van der Waals surface area contributed by atoms with E-state index in [2.05, 4.69) is 38.1 Å². The van der Waals surface area contributed by atoms with Crippen molar-refractivity contribution in [2.75, 3.05) is 12.8 Å². The Morgan fingerprint density at radius 1 is 0.800 bits per heavy atom. The first-order valence-corrected chi connectivity index (χ1v) is 13.7. The van der Waals surface area contributed by atoms with E-state index in [1.165, 1.54) is 11.1 Å². The van der Waals surface area contributed by atoms with E-state index in [-0.39, 0.29) is 17.0 Å². The largest absolute Gasteiger partial charge is 0.496 e. The van der Waals surface area contributed by atoms with Crippen LogP contribution in [0.4, 0.5) is 5.69 Å². The van der Waals surface area contributed by atoms with Gasteiger partial charge in [-0.2, -0.15) is 0 Å². The summed E-state index contributed by atoms with van der Waals surface area (Å²) < 4.78 is 17.4. The number of methoxy groups -OCH3 is 1. The van der Waals surface area contributed by atoms with Crippen LogP contribution in [0.5, 0.6) is 17.2 Å². The number of Topliss-reactive ketones (excluding diaryl/α,β-unsaturated/α-hetero) is 1. The number of ketones is 1. The number of benzene rings is 3. The molecule has 5 nitrogen and oxygen atoms in total. The summed E-state index contributed by atoms with van der Waals surface area (Å²) in [4.78, 5) is 12.6. The normalized spacial score (nSPS) is 15.5. The highest BCUT2D eigenvalue weighted by Crippen LogP contribution is 2.39. The molecule has 0 unspecified atom stereocenters. The summed E-state index contributed by atoms with van der Waals surface area (Å²) in [6.07, 6.45) is 8.96. The number of hydrogen-bond donors (Lipinski definition) is 1. The molecule has 0 aromatic heterocycles. The van der Waals surface area contributed by atoms with Gasteiger partial charge in [0.05, 0.1) is 12.7 Å². The molecule has 40 heavy (non-hydrogen) atoms. The lowest BCUT2D eigenvalue weighted by atomic mass is 9.95. The monoisotopic (exact) mass is 539 g/mol. The number of ether oxygens (including phenoxy) is 3. The average Bonchev–Trinajstić information content (AvgIpc) is 2.88. The SMILES string of the molecule is COc1c(CC(=O)Cc2ccc(C)c(C)c2)ccc2c1C=CC(C)(C)O2.Cc1c(N)ccc2c1C=CC(C)(C)O2. The summed E-state index contributed by atoms with van der Waals surface area (Å²) in [6, 6.07) is 13.9. The Hall–Kier alpha value is -3.99. The summed E-state index contributed by atoms with van der Waals surface area (Å²) in [7, 11) is 1.64. The van der Waals surface area contributed by atoms with Crippen LogP contribution in [0.1, 0.15) is 66.6 Å².